The van der Waals surface area contributed by atoms with Gasteiger partial charge in [0.1, 0.15) is 11.6 Å². The first-order chi connectivity index (χ1) is 26.3. The van der Waals surface area contributed by atoms with Crippen LogP contribution in [0.4, 0.5) is 4.79 Å². The van der Waals surface area contributed by atoms with Gasteiger partial charge in [0, 0.05) is 43.2 Å². The van der Waals surface area contributed by atoms with Gasteiger partial charge in [0.05, 0.1) is 19.1 Å². The van der Waals surface area contributed by atoms with E-state index in [2.05, 4.69) is 87.9 Å². The molecule has 2 aliphatic heterocycles. The predicted molar refractivity (Wildman–Crippen MR) is 236 cm³/mol. The molecule has 19 heteroatoms. The first kappa shape index (κ1) is 59.8. The molecule has 3 heterocycles. The number of amides is 3. The molecule has 0 radical (unpaired) electrons. The molecular weight excluding hydrogens is 803 g/mol. The van der Waals surface area contributed by atoms with Gasteiger partial charge in [0.2, 0.25) is 11.8 Å². The number of azo groups is 1. The van der Waals surface area contributed by atoms with Crippen molar-refractivity contribution in [3.63, 3.8) is 0 Å². The van der Waals surface area contributed by atoms with Crippen molar-refractivity contribution in [2.75, 3.05) is 53.4 Å². The van der Waals surface area contributed by atoms with Crippen molar-refractivity contribution in [3.05, 3.63) is 29.9 Å². The number of halogens is 2. The number of rotatable bonds is 12. The molecule has 59 heavy (non-hydrogen) atoms. The average Bonchev–Trinajstić information content (AvgIpc) is 3.42. The first-order valence-electron chi connectivity index (χ1n) is 20.0. The highest BCUT2D eigenvalue weighted by atomic mass is 35.5. The summed E-state index contributed by atoms with van der Waals surface area (Å²) in [6.07, 6.45) is 3.11. The Labute approximate surface area is 365 Å². The second-order valence-corrected chi connectivity index (χ2v) is 16.8. The fourth-order valence-corrected chi connectivity index (χ4v) is 6.76. The molecule has 3 amide bonds. The van der Waals surface area contributed by atoms with Crippen LogP contribution in [0.2, 0.25) is 0 Å². The molecule has 4 rings (SSSR count). The Kier molecular flexibility index (Phi) is 29.3. The van der Waals surface area contributed by atoms with Gasteiger partial charge in [-0.2, -0.15) is 15.0 Å². The summed E-state index contributed by atoms with van der Waals surface area (Å²) in [7, 11) is 4.13. The predicted octanol–water partition coefficient (Wildman–Crippen LogP) is 4.87. The second-order valence-electron chi connectivity index (χ2n) is 16.8. The van der Waals surface area contributed by atoms with E-state index in [1.165, 1.54) is 17.2 Å². The number of piperidine rings is 1. The summed E-state index contributed by atoms with van der Waals surface area (Å²) in [6.45, 7) is 27.7. The number of nitrogens with one attached hydrogen (secondary N) is 2. The molecule has 5 atom stereocenters. The molecule has 3 aliphatic rings. The van der Waals surface area contributed by atoms with E-state index in [9.17, 15) is 24.3 Å². The number of aliphatic carboxylic acids is 1. The topological polar surface area (TPSA) is 245 Å². The standard InChI is InChI=1S/C13H21NO4.C8H19N.C7H13N3O2.C7H17N3.C5H6N2O.2ClH/c1-12(2,3)18-11(17)14-6-7-8(13(7,4)5)9(14)10(15)16;1-6-9(7(2)3)8(4)5;8-5(6(9)11)3-4-1-2-10-7(4)12;1-4-8-9-6-5-7-10(2)3;6-5-3-1-2-4-7(5)8;;/h7-9H,6H2,1-5H3,(H,15,16);7-8H,6H2,1-5H3;4-5H,1-3,8H2,(H2,9,11)(H,10,12);4-7H2,1-3H3;1-4,6,8H;2*1H/t7-,8-,9-;;4-,5-;;;;/m0.0..../s1. The van der Waals surface area contributed by atoms with Crippen LogP contribution in [0.15, 0.2) is 34.6 Å². The van der Waals surface area contributed by atoms with E-state index in [4.69, 9.17) is 26.8 Å². The Hall–Kier alpha value is -3.51. The largest absolute Gasteiger partial charge is 0.480 e. The third-order valence-corrected chi connectivity index (χ3v) is 9.79. The van der Waals surface area contributed by atoms with Crippen LogP contribution in [0.3, 0.4) is 0 Å². The van der Waals surface area contributed by atoms with Gasteiger partial charge in [0.15, 0.2) is 5.49 Å². The smallest absolute Gasteiger partial charge is 0.411 e. The lowest BCUT2D eigenvalue weighted by Gasteiger charge is -2.30. The molecule has 1 aliphatic carbocycles. The summed E-state index contributed by atoms with van der Waals surface area (Å²) < 4.78 is 6.01. The van der Waals surface area contributed by atoms with Gasteiger partial charge < -0.3 is 36.7 Å². The minimum Gasteiger partial charge on any atom is -0.480 e. The minimum atomic E-state index is -0.932. The van der Waals surface area contributed by atoms with Crippen molar-refractivity contribution >= 4 is 48.7 Å². The highest BCUT2D eigenvalue weighted by Gasteiger charge is 2.70. The molecule has 17 nitrogen and oxygen atoms in total. The zero-order valence-electron chi connectivity index (χ0n) is 37.8. The van der Waals surface area contributed by atoms with Crippen LogP contribution in [-0.2, 0) is 19.1 Å². The van der Waals surface area contributed by atoms with E-state index in [0.717, 1.165) is 43.8 Å². The molecule has 0 spiro atoms. The molecule has 8 N–H and O–H groups in total. The van der Waals surface area contributed by atoms with Gasteiger partial charge in [-0.25, -0.2) is 9.59 Å². The Morgan fingerprint density at radius 1 is 1.08 bits per heavy atom. The summed E-state index contributed by atoms with van der Waals surface area (Å²) >= 11 is 0. The van der Waals surface area contributed by atoms with Crippen LogP contribution >= 0.6 is 24.8 Å². The molecule has 3 fully saturated rings. The Balaban J connectivity index is -0.000000683. The van der Waals surface area contributed by atoms with Gasteiger partial charge in [-0.1, -0.05) is 26.8 Å². The monoisotopic (exact) mass is 881 g/mol. The van der Waals surface area contributed by atoms with Crippen molar-refractivity contribution in [1.29, 1.82) is 5.41 Å². The summed E-state index contributed by atoms with van der Waals surface area (Å²) in [6, 6.07) is 4.79. The highest BCUT2D eigenvalue weighted by molar-refractivity contribution is 5.86. The normalized spacial score (nSPS) is 20.2. The van der Waals surface area contributed by atoms with E-state index < -0.39 is 35.7 Å². The molecule has 344 valence electrons. The number of carbonyl (C=O) groups excluding carboxylic acids is 3. The zero-order chi connectivity index (χ0) is 44.3. The molecule has 2 saturated heterocycles. The number of nitrogens with two attached hydrogens (primary N) is 2. The van der Waals surface area contributed by atoms with E-state index in [-0.39, 0.29) is 59.4 Å². The number of carbonyl (C=O) groups is 4. The number of primary amides is 1. The van der Waals surface area contributed by atoms with Crippen molar-refractivity contribution in [2.45, 2.75) is 125 Å². The third kappa shape index (κ3) is 22.6. The van der Waals surface area contributed by atoms with E-state index in [1.807, 2.05) is 6.92 Å². The highest BCUT2D eigenvalue weighted by Crippen LogP contribution is 2.64. The fourth-order valence-electron chi connectivity index (χ4n) is 6.76. The number of hydrogen-bond acceptors (Lipinski definition) is 12. The van der Waals surface area contributed by atoms with Crippen LogP contribution in [-0.4, -0.2) is 137 Å². The van der Waals surface area contributed by atoms with Crippen molar-refractivity contribution in [1.82, 2.24) is 24.7 Å². The van der Waals surface area contributed by atoms with Gasteiger partial charge in [-0.05, 0) is 125 Å². The van der Waals surface area contributed by atoms with Crippen LogP contribution in [0.1, 0.15) is 95.4 Å². The van der Waals surface area contributed by atoms with Crippen molar-refractivity contribution in [2.24, 2.45) is 44.9 Å². The lowest BCUT2D eigenvalue weighted by Crippen LogP contribution is -2.47. The van der Waals surface area contributed by atoms with E-state index in [0.29, 0.717) is 31.6 Å². The van der Waals surface area contributed by atoms with Crippen LogP contribution in [0, 0.1) is 28.6 Å². The Morgan fingerprint density at radius 2 is 1.66 bits per heavy atom. The van der Waals surface area contributed by atoms with Crippen molar-refractivity contribution in [3.8, 4) is 0 Å². The van der Waals surface area contributed by atoms with Crippen molar-refractivity contribution < 1.29 is 34.2 Å². The maximum atomic E-state index is 12.0. The number of carboxylic acid groups (broad SMARTS) is 1. The number of carboxylic acids is 1. The summed E-state index contributed by atoms with van der Waals surface area (Å²) in [5.74, 6) is -1.29. The summed E-state index contributed by atoms with van der Waals surface area (Å²) in [5, 5.41) is 35.4. The fraction of sp³-hybridized carbons (Fsp3) is 0.775. The number of aromatic nitrogens is 1. The third-order valence-electron chi connectivity index (χ3n) is 9.79. The number of nitrogens with zero attached hydrogens (tertiary/aromatic N) is 6. The van der Waals surface area contributed by atoms with E-state index >= 15 is 0 Å². The number of fused-ring (bicyclic) bond motifs is 1. The van der Waals surface area contributed by atoms with E-state index in [1.54, 1.807) is 32.9 Å². The van der Waals surface area contributed by atoms with Gasteiger partial charge in [0.25, 0.3) is 0 Å². The summed E-state index contributed by atoms with van der Waals surface area (Å²) in [4.78, 5) is 50.9. The second kappa shape index (κ2) is 28.9. The van der Waals surface area contributed by atoms with Crippen LogP contribution < -0.4 is 22.3 Å². The maximum Gasteiger partial charge on any atom is 0.411 e. The zero-order valence-corrected chi connectivity index (χ0v) is 39.4. The van der Waals surface area contributed by atoms with Gasteiger partial charge >= 0.3 is 12.1 Å². The Morgan fingerprint density at radius 3 is 2.02 bits per heavy atom. The van der Waals surface area contributed by atoms with Gasteiger partial charge in [-0.15, -0.1) is 24.8 Å². The molecule has 1 aromatic heterocycles. The molecule has 1 saturated carbocycles. The molecule has 1 aromatic rings. The minimum absolute atomic E-state index is 0. The SMILES string of the molecule is CC(C)(C)OC(=O)N1C[C@H]2[C@@H]([C@H]1C(=O)O)C2(C)C.CCN(C(C)C)C(C)C.CCN=NCCCN(C)C.Cl.Cl.N=c1ccccn1O.NC(=O)[C@@H](N)C[C@@H]1CCNC1=O. The van der Waals surface area contributed by atoms with Crippen LogP contribution in [0.5, 0.6) is 0 Å². The molecule has 0 aromatic carbocycles. The first-order valence-corrected chi connectivity index (χ1v) is 20.0. The Bertz CT molecular complexity index is 1460. The van der Waals surface area contributed by atoms with Gasteiger partial charge in [-0.3, -0.25) is 24.8 Å². The quantitative estimate of drug-likeness (QED) is 0.0945. The lowest BCUT2D eigenvalue weighted by atomic mass is 9.99. The number of pyridine rings is 1. The molecule has 0 bridgehead atoms. The number of hydrogen-bond donors (Lipinski definition) is 6. The summed E-state index contributed by atoms with van der Waals surface area (Å²) in [5.41, 5.74) is 9.89. The number of likely N-dealkylation sites (tertiary alicyclic amines) is 1. The average molecular weight is 882 g/mol. The maximum absolute atomic E-state index is 12.0. The number of ether oxygens (including phenoxy) is 1. The molecular formula is C40H78Cl2N10O7. The molecule has 0 unspecified atom stereocenters. The lowest BCUT2D eigenvalue weighted by molar-refractivity contribution is -0.143. The van der Waals surface area contributed by atoms with Crippen LogP contribution in [0.25, 0.3) is 0 Å².